The smallest absolute Gasteiger partial charge is 0.161 e. The molecular formula is C21H34O3. The minimum absolute atomic E-state index is 0.0773. The Kier molecular flexibility index (Phi) is 4.12. The lowest BCUT2D eigenvalue weighted by Crippen LogP contribution is -2.54. The molecule has 1 unspecified atom stereocenters. The Morgan fingerprint density at radius 2 is 1.67 bits per heavy atom. The summed E-state index contributed by atoms with van der Waals surface area (Å²) in [5.41, 5.74) is 0.529. The zero-order chi connectivity index (χ0) is 17.1. The first-order valence-electron chi connectivity index (χ1n) is 10.2. The van der Waals surface area contributed by atoms with Gasteiger partial charge in [-0.2, -0.15) is 0 Å². The lowest BCUT2D eigenvalue weighted by atomic mass is 9.44. The van der Waals surface area contributed by atoms with E-state index in [1.54, 1.807) is 0 Å². The van der Waals surface area contributed by atoms with Gasteiger partial charge in [-0.3, -0.25) is 4.79 Å². The van der Waals surface area contributed by atoms with E-state index in [-0.39, 0.29) is 29.8 Å². The van der Waals surface area contributed by atoms with E-state index in [2.05, 4.69) is 13.8 Å². The summed E-state index contributed by atoms with van der Waals surface area (Å²) in [6.07, 6.45) is 10.2. The van der Waals surface area contributed by atoms with E-state index in [4.69, 9.17) is 0 Å². The SMILES string of the molecule is C[C@]12CC[C@H]3[C@@H](CCC4C[C@H](O)CC[C@@]43C)[C@@H]1CC[C@@H]2C(=O)CO. The number of aliphatic hydroxyl groups is 2. The molecular weight excluding hydrogens is 300 g/mol. The maximum atomic E-state index is 12.3. The van der Waals surface area contributed by atoms with Crippen molar-refractivity contribution < 1.29 is 15.0 Å². The fourth-order valence-corrected chi connectivity index (χ4v) is 7.87. The molecule has 4 fully saturated rings. The third kappa shape index (κ3) is 2.26. The molecule has 8 atom stereocenters. The van der Waals surface area contributed by atoms with Gasteiger partial charge in [0.05, 0.1) is 6.10 Å². The molecule has 2 N–H and O–H groups in total. The third-order valence-corrected chi connectivity index (χ3v) is 9.18. The van der Waals surface area contributed by atoms with Crippen LogP contribution in [0.4, 0.5) is 0 Å². The van der Waals surface area contributed by atoms with E-state index in [0.29, 0.717) is 17.3 Å². The number of Topliss-reactive ketones (excluding diaryl/α,β-unsaturated/α-hetero) is 1. The van der Waals surface area contributed by atoms with E-state index in [9.17, 15) is 15.0 Å². The predicted molar refractivity (Wildman–Crippen MR) is 93.3 cm³/mol. The van der Waals surface area contributed by atoms with Crippen molar-refractivity contribution in [3.63, 3.8) is 0 Å². The topological polar surface area (TPSA) is 57.5 Å². The van der Waals surface area contributed by atoms with Crippen molar-refractivity contribution in [1.29, 1.82) is 0 Å². The quantitative estimate of drug-likeness (QED) is 0.812. The molecule has 24 heavy (non-hydrogen) atoms. The Morgan fingerprint density at radius 1 is 0.958 bits per heavy atom. The van der Waals surface area contributed by atoms with Crippen molar-refractivity contribution in [3.05, 3.63) is 0 Å². The highest BCUT2D eigenvalue weighted by Gasteiger charge is 2.60. The minimum atomic E-state index is -0.279. The van der Waals surface area contributed by atoms with E-state index in [0.717, 1.165) is 37.5 Å². The molecule has 4 aliphatic rings. The monoisotopic (exact) mass is 334 g/mol. The highest BCUT2D eigenvalue weighted by Crippen LogP contribution is 2.67. The number of fused-ring (bicyclic) bond motifs is 5. The van der Waals surface area contributed by atoms with Gasteiger partial charge in [0.1, 0.15) is 6.61 Å². The molecule has 0 aromatic rings. The Labute approximate surface area is 146 Å². The summed E-state index contributed by atoms with van der Waals surface area (Å²) in [6, 6.07) is 0. The first-order chi connectivity index (χ1) is 11.4. The molecule has 0 aromatic heterocycles. The fourth-order valence-electron chi connectivity index (χ4n) is 7.87. The summed E-state index contributed by atoms with van der Waals surface area (Å²) in [7, 11) is 0. The zero-order valence-electron chi connectivity index (χ0n) is 15.3. The third-order valence-electron chi connectivity index (χ3n) is 9.18. The number of aliphatic hydroxyl groups excluding tert-OH is 2. The van der Waals surface area contributed by atoms with Crippen LogP contribution in [0.25, 0.3) is 0 Å². The summed E-state index contributed by atoms with van der Waals surface area (Å²) in [4.78, 5) is 12.3. The van der Waals surface area contributed by atoms with Crippen LogP contribution in [-0.2, 0) is 4.79 Å². The summed E-state index contributed by atoms with van der Waals surface area (Å²) >= 11 is 0. The van der Waals surface area contributed by atoms with Gasteiger partial charge in [0.25, 0.3) is 0 Å². The summed E-state index contributed by atoms with van der Waals surface area (Å²) in [6.45, 7) is 4.57. The van der Waals surface area contributed by atoms with Gasteiger partial charge in [0.15, 0.2) is 5.78 Å². The minimum Gasteiger partial charge on any atom is -0.393 e. The molecule has 0 aliphatic heterocycles. The van der Waals surface area contributed by atoms with Gasteiger partial charge >= 0.3 is 0 Å². The molecule has 0 saturated heterocycles. The highest BCUT2D eigenvalue weighted by atomic mass is 16.3. The van der Waals surface area contributed by atoms with Crippen LogP contribution in [0, 0.1) is 40.4 Å². The molecule has 0 heterocycles. The normalized spacial score (nSPS) is 53.8. The van der Waals surface area contributed by atoms with Gasteiger partial charge in [-0.1, -0.05) is 13.8 Å². The summed E-state index contributed by atoms with van der Waals surface area (Å²) < 4.78 is 0. The molecule has 0 spiro atoms. The van der Waals surface area contributed by atoms with Crippen LogP contribution >= 0.6 is 0 Å². The van der Waals surface area contributed by atoms with Crippen LogP contribution in [0.15, 0.2) is 0 Å². The van der Waals surface area contributed by atoms with Gasteiger partial charge in [-0.15, -0.1) is 0 Å². The number of hydrogen-bond acceptors (Lipinski definition) is 3. The average Bonchev–Trinajstić information content (AvgIpc) is 2.92. The van der Waals surface area contributed by atoms with E-state index in [1.807, 2.05) is 0 Å². The predicted octanol–water partition coefficient (Wildman–Crippen LogP) is 3.57. The van der Waals surface area contributed by atoms with Crippen molar-refractivity contribution >= 4 is 5.78 Å². The average molecular weight is 335 g/mol. The lowest BCUT2D eigenvalue weighted by Gasteiger charge is -2.60. The fraction of sp³-hybridized carbons (Fsp3) is 0.952. The van der Waals surface area contributed by atoms with Crippen molar-refractivity contribution in [2.75, 3.05) is 6.61 Å². The van der Waals surface area contributed by atoms with Gasteiger partial charge < -0.3 is 10.2 Å². The number of rotatable bonds is 2. The van der Waals surface area contributed by atoms with Crippen LogP contribution < -0.4 is 0 Å². The Balaban J connectivity index is 1.60. The second kappa shape index (κ2) is 5.81. The van der Waals surface area contributed by atoms with Gasteiger partial charge in [0.2, 0.25) is 0 Å². The van der Waals surface area contributed by atoms with Crippen LogP contribution in [-0.4, -0.2) is 28.7 Å². The molecule has 0 bridgehead atoms. The van der Waals surface area contributed by atoms with Crippen molar-refractivity contribution in [3.8, 4) is 0 Å². The van der Waals surface area contributed by atoms with Crippen LogP contribution in [0.1, 0.15) is 71.6 Å². The molecule has 0 radical (unpaired) electrons. The maximum Gasteiger partial charge on any atom is 0.161 e. The Hall–Kier alpha value is -0.410. The maximum absolute atomic E-state index is 12.3. The molecule has 136 valence electrons. The second-order valence-electron chi connectivity index (χ2n) is 9.88. The van der Waals surface area contributed by atoms with Crippen molar-refractivity contribution in [2.45, 2.75) is 77.7 Å². The highest BCUT2D eigenvalue weighted by molar-refractivity contribution is 5.83. The summed E-state index contributed by atoms with van der Waals surface area (Å²) in [5, 5.41) is 19.5. The van der Waals surface area contributed by atoms with Crippen molar-refractivity contribution in [2.24, 2.45) is 40.4 Å². The van der Waals surface area contributed by atoms with Gasteiger partial charge in [0, 0.05) is 5.92 Å². The summed E-state index contributed by atoms with van der Waals surface area (Å²) in [5.74, 6) is 3.08. The van der Waals surface area contributed by atoms with E-state index in [1.165, 1.54) is 32.1 Å². The first kappa shape index (κ1) is 17.0. The molecule has 4 rings (SSSR count). The van der Waals surface area contributed by atoms with Crippen LogP contribution in [0.3, 0.4) is 0 Å². The lowest BCUT2D eigenvalue weighted by molar-refractivity contribution is -0.141. The van der Waals surface area contributed by atoms with Gasteiger partial charge in [-0.05, 0) is 92.3 Å². The first-order valence-corrected chi connectivity index (χ1v) is 10.2. The number of carbonyl (C=O) groups is 1. The van der Waals surface area contributed by atoms with E-state index >= 15 is 0 Å². The number of ketones is 1. The molecule has 0 aromatic carbocycles. The number of hydrogen-bond donors (Lipinski definition) is 2. The standard InChI is InChI=1S/C21H34O3/c1-20-9-7-14(23)11-13(20)3-4-15-16-5-6-18(19(24)12-22)21(16,2)10-8-17(15)20/h13-18,22-23H,3-12H2,1-2H3/t13?,14-,15+,16+,17+,18-,20+,21+/m1/s1. The van der Waals surface area contributed by atoms with Crippen molar-refractivity contribution in [1.82, 2.24) is 0 Å². The largest absolute Gasteiger partial charge is 0.393 e. The Bertz CT molecular complexity index is 517. The number of carbonyl (C=O) groups excluding carboxylic acids is 1. The van der Waals surface area contributed by atoms with Gasteiger partial charge in [-0.25, -0.2) is 0 Å². The van der Waals surface area contributed by atoms with E-state index < -0.39 is 0 Å². The molecule has 4 aliphatic carbocycles. The molecule has 3 heteroatoms. The molecule has 3 nitrogen and oxygen atoms in total. The molecule has 0 amide bonds. The Morgan fingerprint density at radius 3 is 2.42 bits per heavy atom. The zero-order valence-corrected chi connectivity index (χ0v) is 15.3. The van der Waals surface area contributed by atoms with Crippen LogP contribution in [0.2, 0.25) is 0 Å². The second-order valence-corrected chi connectivity index (χ2v) is 9.88. The van der Waals surface area contributed by atoms with Crippen LogP contribution in [0.5, 0.6) is 0 Å². The molecule has 4 saturated carbocycles.